The molecular formula is C23H24N4O2. The van der Waals surface area contributed by atoms with Crippen LogP contribution in [0.4, 0.5) is 0 Å². The summed E-state index contributed by atoms with van der Waals surface area (Å²) in [5.74, 6) is -0.421. The average molecular weight is 388 g/mol. The van der Waals surface area contributed by atoms with E-state index in [1.54, 1.807) is 36.5 Å². The highest BCUT2D eigenvalue weighted by Crippen LogP contribution is 2.07. The summed E-state index contributed by atoms with van der Waals surface area (Å²) in [6, 6.07) is 17.0. The van der Waals surface area contributed by atoms with Crippen LogP contribution < -0.4 is 5.32 Å². The average Bonchev–Trinajstić information content (AvgIpc) is 2.78. The molecular weight excluding hydrogens is 364 g/mol. The van der Waals surface area contributed by atoms with Crippen molar-refractivity contribution >= 4 is 11.8 Å². The lowest BCUT2D eigenvalue weighted by molar-refractivity contribution is 0.0796. The standard InChI is InChI=1S/C23H24N4O2/c1-27(16-11-19-7-12-24-13-8-19)23(29)20-10-15-25-21(17-20)22(28)26-14-9-18-5-3-2-4-6-18/h2-8,10,12-13,15,17H,9,11,14,16H2,1H3,(H,26,28). The van der Waals surface area contributed by atoms with Crippen LogP contribution in [0, 0.1) is 0 Å². The van der Waals surface area contributed by atoms with Gasteiger partial charge >= 0.3 is 0 Å². The van der Waals surface area contributed by atoms with E-state index < -0.39 is 0 Å². The van der Waals surface area contributed by atoms with Gasteiger partial charge in [-0.05, 0) is 48.2 Å². The molecule has 0 saturated carbocycles. The molecule has 0 aliphatic rings. The predicted octanol–water partition coefficient (Wildman–Crippen LogP) is 2.76. The number of hydrogen-bond acceptors (Lipinski definition) is 4. The fourth-order valence-electron chi connectivity index (χ4n) is 2.91. The minimum absolute atomic E-state index is 0.139. The zero-order valence-corrected chi connectivity index (χ0v) is 16.4. The van der Waals surface area contributed by atoms with Gasteiger partial charge in [0.05, 0.1) is 0 Å². The molecule has 0 bridgehead atoms. The van der Waals surface area contributed by atoms with Crippen molar-refractivity contribution in [1.82, 2.24) is 20.2 Å². The maximum atomic E-state index is 12.7. The minimum atomic E-state index is -0.282. The number of rotatable bonds is 8. The van der Waals surface area contributed by atoms with Crippen LogP contribution >= 0.6 is 0 Å². The van der Waals surface area contributed by atoms with E-state index in [1.165, 1.54) is 6.20 Å². The summed E-state index contributed by atoms with van der Waals surface area (Å²) in [4.78, 5) is 34.8. The first-order valence-corrected chi connectivity index (χ1v) is 9.56. The van der Waals surface area contributed by atoms with Crippen molar-refractivity contribution in [3.05, 3.63) is 95.6 Å². The highest BCUT2D eigenvalue weighted by Gasteiger charge is 2.15. The monoisotopic (exact) mass is 388 g/mol. The maximum Gasteiger partial charge on any atom is 0.269 e. The highest BCUT2D eigenvalue weighted by molar-refractivity contribution is 5.98. The molecule has 1 aromatic carbocycles. The molecule has 6 nitrogen and oxygen atoms in total. The molecule has 2 aromatic heterocycles. The lowest BCUT2D eigenvalue weighted by Crippen LogP contribution is -2.30. The van der Waals surface area contributed by atoms with Gasteiger partial charge in [0.1, 0.15) is 5.69 Å². The Balaban J connectivity index is 1.54. The molecule has 0 aliphatic carbocycles. The highest BCUT2D eigenvalue weighted by atomic mass is 16.2. The van der Waals surface area contributed by atoms with Gasteiger partial charge in [0, 0.05) is 44.3 Å². The summed E-state index contributed by atoms with van der Waals surface area (Å²) in [6.45, 7) is 1.08. The van der Waals surface area contributed by atoms with Gasteiger partial charge in [-0.1, -0.05) is 30.3 Å². The van der Waals surface area contributed by atoms with Crippen LogP contribution in [-0.2, 0) is 12.8 Å². The summed E-state index contributed by atoms with van der Waals surface area (Å²) in [5, 5.41) is 2.86. The molecule has 148 valence electrons. The lowest BCUT2D eigenvalue weighted by atomic mass is 10.1. The Labute approximate surface area is 170 Å². The topological polar surface area (TPSA) is 75.2 Å². The smallest absolute Gasteiger partial charge is 0.269 e. The number of carbonyl (C=O) groups is 2. The zero-order chi connectivity index (χ0) is 20.5. The number of nitrogens with one attached hydrogen (secondary N) is 1. The number of hydrogen-bond donors (Lipinski definition) is 1. The van der Waals surface area contributed by atoms with Crippen LogP contribution in [0.2, 0.25) is 0 Å². The van der Waals surface area contributed by atoms with Gasteiger partial charge in [-0.15, -0.1) is 0 Å². The van der Waals surface area contributed by atoms with Gasteiger partial charge in [0.2, 0.25) is 0 Å². The number of likely N-dealkylation sites (N-methyl/N-ethyl adjacent to an activating group) is 1. The second-order valence-corrected chi connectivity index (χ2v) is 6.75. The Morgan fingerprint density at radius 1 is 0.931 bits per heavy atom. The minimum Gasteiger partial charge on any atom is -0.350 e. The van der Waals surface area contributed by atoms with E-state index >= 15 is 0 Å². The van der Waals surface area contributed by atoms with Crippen molar-refractivity contribution in [3.8, 4) is 0 Å². The molecule has 0 fully saturated rings. The van der Waals surface area contributed by atoms with E-state index in [0.29, 0.717) is 18.7 Å². The number of benzene rings is 1. The third-order valence-corrected chi connectivity index (χ3v) is 4.61. The summed E-state index contributed by atoms with van der Waals surface area (Å²) in [6.07, 6.45) is 6.45. The van der Waals surface area contributed by atoms with Crippen LogP contribution in [0.1, 0.15) is 32.0 Å². The normalized spacial score (nSPS) is 10.4. The van der Waals surface area contributed by atoms with Gasteiger partial charge < -0.3 is 10.2 Å². The summed E-state index contributed by atoms with van der Waals surface area (Å²) in [5.41, 5.74) is 2.96. The summed E-state index contributed by atoms with van der Waals surface area (Å²) in [7, 11) is 1.75. The predicted molar refractivity (Wildman–Crippen MR) is 112 cm³/mol. The van der Waals surface area contributed by atoms with Gasteiger partial charge in [0.15, 0.2) is 0 Å². The molecule has 1 N–H and O–H groups in total. The number of nitrogens with zero attached hydrogens (tertiary/aromatic N) is 3. The van der Waals surface area contributed by atoms with Crippen LogP contribution in [0.15, 0.2) is 73.2 Å². The van der Waals surface area contributed by atoms with E-state index in [4.69, 9.17) is 0 Å². The van der Waals surface area contributed by atoms with E-state index in [2.05, 4.69) is 15.3 Å². The van der Waals surface area contributed by atoms with Gasteiger partial charge in [0.25, 0.3) is 11.8 Å². The molecule has 0 unspecified atom stereocenters. The Morgan fingerprint density at radius 2 is 1.66 bits per heavy atom. The lowest BCUT2D eigenvalue weighted by Gasteiger charge is -2.17. The Bertz CT molecular complexity index is 945. The molecule has 3 aromatic rings. The van der Waals surface area contributed by atoms with Crippen LogP contribution in [-0.4, -0.2) is 46.8 Å². The number of amides is 2. The van der Waals surface area contributed by atoms with Crippen molar-refractivity contribution < 1.29 is 9.59 Å². The second-order valence-electron chi connectivity index (χ2n) is 6.75. The summed E-state index contributed by atoms with van der Waals surface area (Å²) >= 11 is 0. The Morgan fingerprint density at radius 3 is 2.41 bits per heavy atom. The Hall–Kier alpha value is -3.54. The van der Waals surface area contributed by atoms with Gasteiger partial charge in [-0.25, -0.2) is 0 Å². The first kappa shape index (κ1) is 20.2. The van der Waals surface area contributed by atoms with E-state index in [9.17, 15) is 9.59 Å². The van der Waals surface area contributed by atoms with Gasteiger partial charge in [-0.3, -0.25) is 19.6 Å². The molecule has 29 heavy (non-hydrogen) atoms. The van der Waals surface area contributed by atoms with E-state index in [1.807, 2.05) is 42.5 Å². The van der Waals surface area contributed by atoms with Crippen LogP contribution in [0.3, 0.4) is 0 Å². The SMILES string of the molecule is CN(CCc1ccncc1)C(=O)c1ccnc(C(=O)NCCc2ccccc2)c1. The fourth-order valence-corrected chi connectivity index (χ4v) is 2.91. The molecule has 2 heterocycles. The first-order chi connectivity index (χ1) is 14.1. The van der Waals surface area contributed by atoms with Crippen molar-refractivity contribution in [1.29, 1.82) is 0 Å². The molecule has 0 spiro atoms. The first-order valence-electron chi connectivity index (χ1n) is 9.56. The van der Waals surface area contributed by atoms with Gasteiger partial charge in [-0.2, -0.15) is 0 Å². The molecule has 0 atom stereocenters. The molecule has 0 aliphatic heterocycles. The molecule has 0 radical (unpaired) electrons. The third-order valence-electron chi connectivity index (χ3n) is 4.61. The number of aromatic nitrogens is 2. The maximum absolute atomic E-state index is 12.7. The quantitative estimate of drug-likeness (QED) is 0.644. The fraction of sp³-hybridized carbons (Fsp3) is 0.217. The molecule has 6 heteroatoms. The second kappa shape index (κ2) is 10.1. The zero-order valence-electron chi connectivity index (χ0n) is 16.4. The summed E-state index contributed by atoms with van der Waals surface area (Å²) < 4.78 is 0. The van der Waals surface area contributed by atoms with Crippen molar-refractivity contribution in [2.24, 2.45) is 0 Å². The van der Waals surface area contributed by atoms with Crippen LogP contribution in [0.5, 0.6) is 0 Å². The number of carbonyl (C=O) groups excluding carboxylic acids is 2. The van der Waals surface area contributed by atoms with E-state index in [0.717, 1.165) is 24.0 Å². The van der Waals surface area contributed by atoms with Crippen molar-refractivity contribution in [3.63, 3.8) is 0 Å². The van der Waals surface area contributed by atoms with Crippen molar-refractivity contribution in [2.75, 3.05) is 20.1 Å². The third kappa shape index (κ3) is 5.97. The van der Waals surface area contributed by atoms with Crippen LogP contribution in [0.25, 0.3) is 0 Å². The van der Waals surface area contributed by atoms with Crippen molar-refractivity contribution in [2.45, 2.75) is 12.8 Å². The molecule has 2 amide bonds. The largest absolute Gasteiger partial charge is 0.350 e. The Kier molecular flexibility index (Phi) is 7.05. The molecule has 0 saturated heterocycles. The molecule has 3 rings (SSSR count). The number of pyridine rings is 2. The van der Waals surface area contributed by atoms with E-state index in [-0.39, 0.29) is 17.5 Å².